The van der Waals surface area contributed by atoms with Crippen LogP contribution in [0.4, 0.5) is 0 Å². The zero-order chi connectivity index (χ0) is 17.1. The number of hydrogen-bond acceptors (Lipinski definition) is 4. The topological polar surface area (TPSA) is 58.1 Å². The molecule has 1 fully saturated rings. The number of rotatable bonds is 10. The number of aliphatic imine (C=N–C) groups is 1. The Morgan fingerprint density at radius 1 is 1.35 bits per heavy atom. The van der Waals surface area contributed by atoms with Gasteiger partial charge in [-0.1, -0.05) is 13.8 Å². The molecule has 0 spiro atoms. The van der Waals surface area contributed by atoms with E-state index in [4.69, 9.17) is 9.47 Å². The lowest BCUT2D eigenvalue weighted by Gasteiger charge is -2.29. The molecule has 23 heavy (non-hydrogen) atoms. The first kappa shape index (κ1) is 20.2. The first-order valence-corrected chi connectivity index (χ1v) is 8.68. The molecule has 0 aromatic heterocycles. The Morgan fingerprint density at radius 2 is 2.13 bits per heavy atom. The summed E-state index contributed by atoms with van der Waals surface area (Å²) in [5.74, 6) is 1.46. The molecule has 1 aliphatic heterocycles. The van der Waals surface area contributed by atoms with Gasteiger partial charge in [0, 0.05) is 45.8 Å². The molecule has 1 heterocycles. The molecule has 6 nitrogen and oxygen atoms in total. The van der Waals surface area contributed by atoms with Crippen LogP contribution < -0.4 is 10.6 Å². The summed E-state index contributed by atoms with van der Waals surface area (Å²) in [6.07, 6.45) is 2.12. The van der Waals surface area contributed by atoms with Gasteiger partial charge in [-0.25, -0.2) is 0 Å². The SMILES string of the molecule is CN=C(NCCCOCC1CCOC1)NCC(C)(C)CN(C)C. The van der Waals surface area contributed by atoms with Crippen molar-refractivity contribution in [3.63, 3.8) is 0 Å². The molecule has 0 aliphatic carbocycles. The molecular weight excluding hydrogens is 292 g/mol. The van der Waals surface area contributed by atoms with Crippen LogP contribution in [0.1, 0.15) is 26.7 Å². The van der Waals surface area contributed by atoms with Gasteiger partial charge in [0.2, 0.25) is 0 Å². The van der Waals surface area contributed by atoms with E-state index < -0.39 is 0 Å². The molecule has 0 radical (unpaired) electrons. The van der Waals surface area contributed by atoms with Crippen molar-refractivity contribution in [3.8, 4) is 0 Å². The van der Waals surface area contributed by atoms with Crippen LogP contribution in [-0.4, -0.2) is 78.1 Å². The molecule has 136 valence electrons. The van der Waals surface area contributed by atoms with E-state index in [2.05, 4.69) is 48.5 Å². The molecular formula is C17H36N4O2. The van der Waals surface area contributed by atoms with Crippen LogP contribution >= 0.6 is 0 Å². The van der Waals surface area contributed by atoms with Crippen LogP contribution in [-0.2, 0) is 9.47 Å². The number of nitrogens with one attached hydrogen (secondary N) is 2. The van der Waals surface area contributed by atoms with Gasteiger partial charge in [-0.05, 0) is 32.4 Å². The van der Waals surface area contributed by atoms with Crippen LogP contribution in [0, 0.1) is 11.3 Å². The summed E-state index contributed by atoms with van der Waals surface area (Å²) < 4.78 is 11.0. The van der Waals surface area contributed by atoms with Crippen LogP contribution in [0.5, 0.6) is 0 Å². The van der Waals surface area contributed by atoms with Crippen LogP contribution in [0.3, 0.4) is 0 Å². The average molecular weight is 329 g/mol. The van der Waals surface area contributed by atoms with E-state index in [1.165, 1.54) is 0 Å². The van der Waals surface area contributed by atoms with E-state index in [0.29, 0.717) is 5.92 Å². The lowest BCUT2D eigenvalue weighted by atomic mass is 9.93. The van der Waals surface area contributed by atoms with Gasteiger partial charge in [0.05, 0.1) is 13.2 Å². The maximum atomic E-state index is 5.71. The zero-order valence-electron chi connectivity index (χ0n) is 15.7. The standard InChI is InChI=1S/C17H36N4O2/c1-17(2,14-21(4)5)13-20-16(18-3)19-8-6-9-22-11-15-7-10-23-12-15/h15H,6-14H2,1-5H3,(H2,18,19,20). The summed E-state index contributed by atoms with van der Waals surface area (Å²) in [5, 5.41) is 6.75. The lowest BCUT2D eigenvalue weighted by Crippen LogP contribution is -2.45. The van der Waals surface area contributed by atoms with Crippen molar-refractivity contribution >= 4 is 5.96 Å². The Balaban J connectivity index is 2.07. The van der Waals surface area contributed by atoms with Crippen molar-refractivity contribution in [3.05, 3.63) is 0 Å². The molecule has 1 aliphatic rings. The second kappa shape index (κ2) is 10.8. The third kappa shape index (κ3) is 9.79. The molecule has 1 unspecified atom stereocenters. The maximum absolute atomic E-state index is 5.71. The van der Waals surface area contributed by atoms with Gasteiger partial charge in [0.15, 0.2) is 5.96 Å². The zero-order valence-corrected chi connectivity index (χ0v) is 15.7. The third-order valence-corrected chi connectivity index (χ3v) is 3.84. The monoisotopic (exact) mass is 328 g/mol. The van der Waals surface area contributed by atoms with E-state index in [9.17, 15) is 0 Å². The van der Waals surface area contributed by atoms with Gasteiger partial charge < -0.3 is 25.0 Å². The summed E-state index contributed by atoms with van der Waals surface area (Å²) in [7, 11) is 6.02. The fourth-order valence-corrected chi connectivity index (χ4v) is 2.80. The number of ether oxygens (including phenoxy) is 2. The molecule has 0 aromatic rings. The predicted molar refractivity (Wildman–Crippen MR) is 96.1 cm³/mol. The third-order valence-electron chi connectivity index (χ3n) is 3.84. The average Bonchev–Trinajstić information content (AvgIpc) is 2.97. The summed E-state index contributed by atoms with van der Waals surface area (Å²) in [4.78, 5) is 6.49. The molecule has 0 bridgehead atoms. The maximum Gasteiger partial charge on any atom is 0.190 e. The summed E-state index contributed by atoms with van der Waals surface area (Å²) in [6.45, 7) is 10.7. The van der Waals surface area contributed by atoms with E-state index in [1.807, 2.05) is 7.05 Å². The highest BCUT2D eigenvalue weighted by atomic mass is 16.5. The fourth-order valence-electron chi connectivity index (χ4n) is 2.80. The Bertz CT molecular complexity index is 339. The highest BCUT2D eigenvalue weighted by Gasteiger charge is 2.19. The van der Waals surface area contributed by atoms with Crippen LogP contribution in [0.25, 0.3) is 0 Å². The van der Waals surface area contributed by atoms with Crippen molar-refractivity contribution < 1.29 is 9.47 Å². The highest BCUT2D eigenvalue weighted by molar-refractivity contribution is 5.79. The summed E-state index contributed by atoms with van der Waals surface area (Å²) >= 11 is 0. The van der Waals surface area contributed by atoms with Gasteiger partial charge in [0.1, 0.15) is 0 Å². The molecule has 1 rings (SSSR count). The molecule has 0 amide bonds. The smallest absolute Gasteiger partial charge is 0.190 e. The first-order chi connectivity index (χ1) is 10.9. The fraction of sp³-hybridized carbons (Fsp3) is 0.941. The summed E-state index contributed by atoms with van der Waals surface area (Å²) in [5.41, 5.74) is 0.202. The van der Waals surface area contributed by atoms with Gasteiger partial charge in [0.25, 0.3) is 0 Å². The minimum Gasteiger partial charge on any atom is -0.381 e. The van der Waals surface area contributed by atoms with E-state index in [-0.39, 0.29) is 5.41 Å². The normalized spacial score (nSPS) is 19.4. The predicted octanol–water partition coefficient (Wildman–Crippen LogP) is 1.18. The molecule has 6 heteroatoms. The molecule has 0 saturated carbocycles. The van der Waals surface area contributed by atoms with Crippen LogP contribution in [0.2, 0.25) is 0 Å². The quantitative estimate of drug-likeness (QED) is 0.358. The van der Waals surface area contributed by atoms with Gasteiger partial charge in [-0.2, -0.15) is 0 Å². The second-order valence-electron chi connectivity index (χ2n) is 7.41. The van der Waals surface area contributed by atoms with Crippen molar-refractivity contribution in [2.45, 2.75) is 26.7 Å². The van der Waals surface area contributed by atoms with Gasteiger partial charge >= 0.3 is 0 Å². The van der Waals surface area contributed by atoms with E-state index in [1.54, 1.807) is 0 Å². The molecule has 2 N–H and O–H groups in total. The van der Waals surface area contributed by atoms with Crippen molar-refractivity contribution in [1.82, 2.24) is 15.5 Å². The molecule has 1 atom stereocenters. The van der Waals surface area contributed by atoms with Crippen LogP contribution in [0.15, 0.2) is 4.99 Å². The van der Waals surface area contributed by atoms with Crippen molar-refractivity contribution in [1.29, 1.82) is 0 Å². The second-order valence-corrected chi connectivity index (χ2v) is 7.41. The minimum atomic E-state index is 0.202. The van der Waals surface area contributed by atoms with Gasteiger partial charge in [-0.15, -0.1) is 0 Å². The van der Waals surface area contributed by atoms with Crippen molar-refractivity contribution in [2.24, 2.45) is 16.3 Å². The van der Waals surface area contributed by atoms with E-state index >= 15 is 0 Å². The first-order valence-electron chi connectivity index (χ1n) is 8.68. The van der Waals surface area contributed by atoms with Crippen molar-refractivity contribution in [2.75, 3.05) is 67.2 Å². The largest absolute Gasteiger partial charge is 0.381 e. The minimum absolute atomic E-state index is 0.202. The molecule has 0 aromatic carbocycles. The van der Waals surface area contributed by atoms with Gasteiger partial charge in [-0.3, -0.25) is 4.99 Å². The summed E-state index contributed by atoms with van der Waals surface area (Å²) in [6, 6.07) is 0. The lowest BCUT2D eigenvalue weighted by molar-refractivity contribution is 0.0888. The Labute approximate surface area is 142 Å². The highest BCUT2D eigenvalue weighted by Crippen LogP contribution is 2.14. The molecule has 1 saturated heterocycles. The number of hydrogen-bond donors (Lipinski definition) is 2. The van der Waals surface area contributed by atoms with E-state index in [0.717, 1.165) is 64.9 Å². The Hall–Kier alpha value is -0.850. The number of guanidine groups is 1. The Morgan fingerprint density at radius 3 is 2.74 bits per heavy atom. The Kier molecular flexibility index (Phi) is 9.52. The number of nitrogens with zero attached hydrogens (tertiary/aromatic N) is 2.